The Labute approximate surface area is 123 Å². The third-order valence-corrected chi connectivity index (χ3v) is 3.30. The van der Waals surface area contributed by atoms with E-state index in [1.54, 1.807) is 18.2 Å². The Hall–Kier alpha value is -2.20. The first-order chi connectivity index (χ1) is 10.1. The maximum atomic E-state index is 12.8. The number of halogens is 1. The van der Waals surface area contributed by atoms with E-state index in [4.69, 9.17) is 0 Å². The quantitative estimate of drug-likeness (QED) is 0.858. The van der Waals surface area contributed by atoms with Crippen molar-refractivity contribution in [2.45, 2.75) is 19.4 Å². The molecule has 0 amide bonds. The highest BCUT2D eigenvalue weighted by Crippen LogP contribution is 2.15. The average molecular weight is 287 g/mol. The Morgan fingerprint density at radius 2 is 1.95 bits per heavy atom. The fourth-order valence-electron chi connectivity index (χ4n) is 2.21. The molecule has 0 aromatic heterocycles. The first-order valence-electron chi connectivity index (χ1n) is 6.83. The minimum atomic E-state index is -0.903. The fourth-order valence-corrected chi connectivity index (χ4v) is 2.21. The number of carboxylic acid groups (broad SMARTS) is 1. The summed E-state index contributed by atoms with van der Waals surface area (Å²) in [5.74, 6) is -1.17. The largest absolute Gasteiger partial charge is 0.480 e. The summed E-state index contributed by atoms with van der Waals surface area (Å²) < 4.78 is 12.8. The van der Waals surface area contributed by atoms with Crippen LogP contribution in [-0.4, -0.2) is 17.6 Å². The van der Waals surface area contributed by atoms with Gasteiger partial charge in [0.2, 0.25) is 0 Å². The zero-order valence-corrected chi connectivity index (χ0v) is 11.8. The molecule has 2 N–H and O–H groups in total. The molecule has 4 heteroatoms. The van der Waals surface area contributed by atoms with Gasteiger partial charge in [-0.05, 0) is 36.6 Å². The van der Waals surface area contributed by atoms with Gasteiger partial charge >= 0.3 is 5.97 Å². The molecule has 0 bridgehead atoms. The molecule has 110 valence electrons. The van der Waals surface area contributed by atoms with Crippen LogP contribution in [0.1, 0.15) is 22.7 Å². The van der Waals surface area contributed by atoms with Gasteiger partial charge in [-0.25, -0.2) is 4.39 Å². The number of hydrogen-bond donors (Lipinski definition) is 2. The lowest BCUT2D eigenvalue weighted by Crippen LogP contribution is -2.30. The molecule has 21 heavy (non-hydrogen) atoms. The molecule has 1 unspecified atom stereocenters. The van der Waals surface area contributed by atoms with Gasteiger partial charge in [-0.2, -0.15) is 0 Å². The van der Waals surface area contributed by atoms with Crippen LogP contribution in [0.5, 0.6) is 0 Å². The van der Waals surface area contributed by atoms with Crippen molar-refractivity contribution in [3.05, 3.63) is 71.0 Å². The summed E-state index contributed by atoms with van der Waals surface area (Å²) in [5.41, 5.74) is 2.73. The first kappa shape index (κ1) is 15.2. The Morgan fingerprint density at radius 3 is 2.57 bits per heavy atom. The van der Waals surface area contributed by atoms with Gasteiger partial charge in [0, 0.05) is 6.54 Å². The van der Waals surface area contributed by atoms with Gasteiger partial charge in [0.25, 0.3) is 0 Å². The van der Waals surface area contributed by atoms with Crippen molar-refractivity contribution in [1.82, 2.24) is 5.32 Å². The maximum Gasteiger partial charge on any atom is 0.325 e. The predicted octanol–water partition coefficient (Wildman–Crippen LogP) is 3.09. The Kier molecular flexibility index (Phi) is 5.06. The molecule has 0 fully saturated rings. The number of carbonyl (C=O) groups is 1. The van der Waals surface area contributed by atoms with Gasteiger partial charge in [0.1, 0.15) is 11.9 Å². The van der Waals surface area contributed by atoms with Crippen molar-refractivity contribution in [1.29, 1.82) is 0 Å². The van der Waals surface area contributed by atoms with Gasteiger partial charge in [-0.3, -0.25) is 4.79 Å². The van der Waals surface area contributed by atoms with Crippen molar-refractivity contribution in [3.63, 3.8) is 0 Å². The Balaban J connectivity index is 1.98. The lowest BCUT2D eigenvalue weighted by atomic mass is 10.0. The highest BCUT2D eigenvalue weighted by molar-refractivity contribution is 5.75. The molecule has 2 aromatic rings. The summed E-state index contributed by atoms with van der Waals surface area (Å²) in [6.07, 6.45) is 0.649. The van der Waals surface area contributed by atoms with E-state index >= 15 is 0 Å². The number of carboxylic acids is 1. The predicted molar refractivity (Wildman–Crippen MR) is 79.7 cm³/mol. The van der Waals surface area contributed by atoms with E-state index in [0.717, 1.165) is 16.7 Å². The number of benzene rings is 2. The number of aliphatic carboxylic acids is 1. The maximum absolute atomic E-state index is 12.8. The highest BCUT2D eigenvalue weighted by atomic mass is 19.1. The number of hydrogen-bond acceptors (Lipinski definition) is 2. The van der Waals surface area contributed by atoms with Crippen LogP contribution >= 0.6 is 0 Å². The molecule has 0 spiro atoms. The fraction of sp³-hybridized carbons (Fsp3) is 0.235. The van der Waals surface area contributed by atoms with Crippen LogP contribution < -0.4 is 5.32 Å². The molecular formula is C17H18FNO2. The van der Waals surface area contributed by atoms with Crippen molar-refractivity contribution in [2.75, 3.05) is 6.54 Å². The second-order valence-corrected chi connectivity index (χ2v) is 5.02. The van der Waals surface area contributed by atoms with Crippen LogP contribution in [0.25, 0.3) is 0 Å². The van der Waals surface area contributed by atoms with Gasteiger partial charge < -0.3 is 10.4 Å². The summed E-state index contributed by atoms with van der Waals surface area (Å²) in [6.45, 7) is 2.44. The molecule has 2 aromatic carbocycles. The number of aryl methyl sites for hydroxylation is 1. The standard InChI is InChI=1S/C17H18FNO2/c1-12-3-2-4-14(11-12)16(17(20)21)19-10-9-13-5-7-15(18)8-6-13/h2-8,11,16,19H,9-10H2,1H3,(H,20,21). The highest BCUT2D eigenvalue weighted by Gasteiger charge is 2.18. The molecule has 0 radical (unpaired) electrons. The normalized spacial score (nSPS) is 12.1. The molecule has 3 nitrogen and oxygen atoms in total. The summed E-state index contributed by atoms with van der Waals surface area (Å²) in [4.78, 5) is 11.4. The second kappa shape index (κ2) is 6.99. The molecule has 0 aliphatic heterocycles. The number of rotatable bonds is 6. The molecule has 0 aliphatic carbocycles. The van der Waals surface area contributed by atoms with Crippen molar-refractivity contribution in [2.24, 2.45) is 0 Å². The van der Waals surface area contributed by atoms with E-state index in [1.807, 2.05) is 25.1 Å². The molecule has 0 saturated carbocycles. The zero-order chi connectivity index (χ0) is 15.2. The van der Waals surface area contributed by atoms with Crippen LogP contribution in [0.3, 0.4) is 0 Å². The zero-order valence-electron chi connectivity index (χ0n) is 11.8. The monoisotopic (exact) mass is 287 g/mol. The van der Waals surface area contributed by atoms with Gasteiger partial charge in [0.15, 0.2) is 0 Å². The number of nitrogens with one attached hydrogen (secondary N) is 1. The van der Waals surface area contributed by atoms with Crippen molar-refractivity contribution in [3.8, 4) is 0 Å². The summed E-state index contributed by atoms with van der Waals surface area (Å²) in [5, 5.41) is 12.4. The summed E-state index contributed by atoms with van der Waals surface area (Å²) >= 11 is 0. The van der Waals surface area contributed by atoms with Crippen LogP contribution in [0.4, 0.5) is 4.39 Å². The van der Waals surface area contributed by atoms with Crippen LogP contribution in [0, 0.1) is 12.7 Å². The molecule has 0 saturated heterocycles. The SMILES string of the molecule is Cc1cccc(C(NCCc2ccc(F)cc2)C(=O)O)c1. The van der Waals surface area contributed by atoms with E-state index in [0.29, 0.717) is 13.0 Å². The van der Waals surface area contributed by atoms with E-state index in [1.165, 1.54) is 12.1 Å². The van der Waals surface area contributed by atoms with E-state index in [9.17, 15) is 14.3 Å². The third-order valence-electron chi connectivity index (χ3n) is 3.30. The van der Waals surface area contributed by atoms with Gasteiger partial charge in [-0.1, -0.05) is 42.0 Å². The average Bonchev–Trinajstić information content (AvgIpc) is 2.45. The van der Waals surface area contributed by atoms with Crippen molar-refractivity contribution < 1.29 is 14.3 Å². The van der Waals surface area contributed by atoms with E-state index in [-0.39, 0.29) is 5.82 Å². The molecular weight excluding hydrogens is 269 g/mol. The van der Waals surface area contributed by atoms with Crippen molar-refractivity contribution >= 4 is 5.97 Å². The molecule has 1 atom stereocenters. The minimum Gasteiger partial charge on any atom is -0.480 e. The van der Waals surface area contributed by atoms with Gasteiger partial charge in [-0.15, -0.1) is 0 Å². The molecule has 0 aliphatic rings. The van der Waals surface area contributed by atoms with Crippen LogP contribution in [0.2, 0.25) is 0 Å². The first-order valence-corrected chi connectivity index (χ1v) is 6.83. The smallest absolute Gasteiger partial charge is 0.325 e. The van der Waals surface area contributed by atoms with E-state index in [2.05, 4.69) is 5.32 Å². The van der Waals surface area contributed by atoms with Gasteiger partial charge in [0.05, 0.1) is 0 Å². The lowest BCUT2D eigenvalue weighted by Gasteiger charge is -2.15. The van der Waals surface area contributed by atoms with Crippen LogP contribution in [0.15, 0.2) is 48.5 Å². The third kappa shape index (κ3) is 4.39. The Morgan fingerprint density at radius 1 is 1.24 bits per heavy atom. The van der Waals surface area contributed by atoms with E-state index < -0.39 is 12.0 Å². The van der Waals surface area contributed by atoms with Crippen LogP contribution in [-0.2, 0) is 11.2 Å². The topological polar surface area (TPSA) is 49.3 Å². The lowest BCUT2D eigenvalue weighted by molar-refractivity contribution is -0.139. The molecule has 2 rings (SSSR count). The molecule has 0 heterocycles. The second-order valence-electron chi connectivity index (χ2n) is 5.02. The minimum absolute atomic E-state index is 0.269. The Bertz CT molecular complexity index is 610. The summed E-state index contributed by atoms with van der Waals surface area (Å²) in [7, 11) is 0. The summed E-state index contributed by atoms with van der Waals surface area (Å²) in [6, 6.07) is 12.9.